The van der Waals surface area contributed by atoms with Crippen molar-refractivity contribution in [2.24, 2.45) is 0 Å². The first-order valence-electron chi connectivity index (χ1n) is 11.3. The van der Waals surface area contributed by atoms with Crippen LogP contribution in [-0.4, -0.2) is 48.3 Å². The van der Waals surface area contributed by atoms with E-state index in [4.69, 9.17) is 9.26 Å². The Morgan fingerprint density at radius 3 is 2.44 bits per heavy atom. The van der Waals surface area contributed by atoms with Crippen molar-refractivity contribution in [2.45, 2.75) is 39.8 Å². The van der Waals surface area contributed by atoms with Gasteiger partial charge in [-0.1, -0.05) is 60.1 Å². The molecule has 1 aliphatic heterocycles. The zero-order valence-corrected chi connectivity index (χ0v) is 19.1. The maximum Gasteiger partial charge on any atom is 0.254 e. The number of aryl methyl sites for hydroxylation is 1. The van der Waals surface area contributed by atoms with Gasteiger partial charge in [0.15, 0.2) is 0 Å². The van der Waals surface area contributed by atoms with Gasteiger partial charge in [-0.05, 0) is 32.4 Å². The molecule has 1 aromatic heterocycles. The van der Waals surface area contributed by atoms with Crippen molar-refractivity contribution >= 4 is 11.8 Å². The third kappa shape index (κ3) is 4.70. The Hall–Kier alpha value is -3.12. The number of carbonyl (C=O) groups excluding carboxylic acids is 1. The first-order chi connectivity index (χ1) is 15.6. The molecule has 0 N–H and O–H groups in total. The summed E-state index contributed by atoms with van der Waals surface area (Å²) in [6.07, 6.45) is 0.858. The predicted molar refractivity (Wildman–Crippen MR) is 126 cm³/mol. The van der Waals surface area contributed by atoms with E-state index in [1.807, 2.05) is 66.4 Å². The van der Waals surface area contributed by atoms with Crippen LogP contribution in [-0.2, 0) is 11.3 Å². The number of benzene rings is 2. The van der Waals surface area contributed by atoms with E-state index in [9.17, 15) is 4.79 Å². The highest BCUT2D eigenvalue weighted by molar-refractivity contribution is 5.94. The molecule has 0 aliphatic carbocycles. The maximum absolute atomic E-state index is 13.6. The first-order valence-corrected chi connectivity index (χ1v) is 11.3. The molecule has 6 heteroatoms. The zero-order chi connectivity index (χ0) is 22.5. The van der Waals surface area contributed by atoms with Gasteiger partial charge in [0.05, 0.1) is 25.3 Å². The molecule has 4 rings (SSSR count). The van der Waals surface area contributed by atoms with Crippen LogP contribution in [0.1, 0.15) is 41.8 Å². The Bertz CT molecular complexity index is 1020. The molecule has 1 fully saturated rings. The Morgan fingerprint density at radius 1 is 1.09 bits per heavy atom. The molecular weight excluding hydrogens is 402 g/mol. The molecule has 3 aromatic rings. The van der Waals surface area contributed by atoms with Gasteiger partial charge in [0.2, 0.25) is 5.88 Å². The lowest BCUT2D eigenvalue weighted by Crippen LogP contribution is -2.39. The number of carbonyl (C=O) groups is 1. The lowest BCUT2D eigenvalue weighted by molar-refractivity contribution is 0.0671. The summed E-state index contributed by atoms with van der Waals surface area (Å²) in [4.78, 5) is 17.7. The van der Waals surface area contributed by atoms with E-state index in [0.717, 1.165) is 47.8 Å². The summed E-state index contributed by atoms with van der Waals surface area (Å²) in [6, 6.07) is 17.9. The van der Waals surface area contributed by atoms with E-state index in [1.54, 1.807) is 0 Å². The average molecular weight is 434 g/mol. The van der Waals surface area contributed by atoms with Crippen LogP contribution in [0.15, 0.2) is 59.1 Å². The van der Waals surface area contributed by atoms with Crippen LogP contribution >= 0.6 is 0 Å². The minimum absolute atomic E-state index is 0.0208. The average Bonchev–Trinajstić information content (AvgIpc) is 3.27. The van der Waals surface area contributed by atoms with Crippen LogP contribution in [0.5, 0.6) is 0 Å². The fraction of sp³-hybridized carbons (Fsp3) is 0.385. The lowest BCUT2D eigenvalue weighted by Gasteiger charge is -2.31. The van der Waals surface area contributed by atoms with Crippen LogP contribution in [0, 0.1) is 6.92 Å². The standard InChI is InChI=1S/C26H31N3O3/c1-4-20(3)29(25(30)22-12-10-19(2)11-13-22)18-23-24(21-8-6-5-7-9-21)27-32-26(23)28-14-16-31-17-15-28/h5-13,20H,4,14-18H2,1-3H3/t20-/m1/s1. The Balaban J connectivity index is 1.73. The van der Waals surface area contributed by atoms with Crippen molar-refractivity contribution in [3.8, 4) is 11.3 Å². The van der Waals surface area contributed by atoms with Crippen molar-refractivity contribution < 1.29 is 14.1 Å². The molecule has 2 aromatic carbocycles. The first kappa shape index (κ1) is 22.1. The lowest BCUT2D eigenvalue weighted by atomic mass is 10.0. The third-order valence-electron chi connectivity index (χ3n) is 6.12. The van der Waals surface area contributed by atoms with Gasteiger partial charge in [0.1, 0.15) is 5.69 Å². The van der Waals surface area contributed by atoms with E-state index >= 15 is 0 Å². The van der Waals surface area contributed by atoms with Crippen molar-refractivity contribution in [3.63, 3.8) is 0 Å². The zero-order valence-electron chi connectivity index (χ0n) is 19.1. The minimum atomic E-state index is 0.0208. The van der Waals surface area contributed by atoms with Crippen LogP contribution < -0.4 is 4.90 Å². The van der Waals surface area contributed by atoms with Crippen LogP contribution in [0.25, 0.3) is 11.3 Å². The van der Waals surface area contributed by atoms with Crippen LogP contribution in [0.4, 0.5) is 5.88 Å². The number of amides is 1. The second-order valence-corrected chi connectivity index (χ2v) is 8.34. The summed E-state index contributed by atoms with van der Waals surface area (Å²) in [5.74, 6) is 0.754. The van der Waals surface area contributed by atoms with Crippen LogP contribution in [0.2, 0.25) is 0 Å². The summed E-state index contributed by atoms with van der Waals surface area (Å²) in [5.41, 5.74) is 4.55. The molecular formula is C26H31N3O3. The maximum atomic E-state index is 13.6. The van der Waals surface area contributed by atoms with E-state index in [2.05, 4.69) is 23.9 Å². The monoisotopic (exact) mass is 433 g/mol. The van der Waals surface area contributed by atoms with Crippen molar-refractivity contribution in [2.75, 3.05) is 31.2 Å². The quantitative estimate of drug-likeness (QED) is 0.529. The molecule has 0 bridgehead atoms. The molecule has 0 unspecified atom stereocenters. The third-order valence-corrected chi connectivity index (χ3v) is 6.12. The second kappa shape index (κ2) is 10.0. The van der Waals surface area contributed by atoms with Gasteiger partial charge < -0.3 is 19.1 Å². The van der Waals surface area contributed by atoms with E-state index in [-0.39, 0.29) is 11.9 Å². The largest absolute Gasteiger partial charge is 0.378 e. The Kier molecular flexibility index (Phi) is 6.90. The number of rotatable bonds is 7. The highest BCUT2D eigenvalue weighted by atomic mass is 16.5. The second-order valence-electron chi connectivity index (χ2n) is 8.34. The summed E-state index contributed by atoms with van der Waals surface area (Å²) in [7, 11) is 0. The molecule has 1 amide bonds. The smallest absolute Gasteiger partial charge is 0.254 e. The molecule has 2 heterocycles. The highest BCUT2D eigenvalue weighted by Crippen LogP contribution is 2.34. The fourth-order valence-corrected chi connectivity index (χ4v) is 3.96. The van der Waals surface area contributed by atoms with E-state index < -0.39 is 0 Å². The molecule has 6 nitrogen and oxygen atoms in total. The number of ether oxygens (including phenoxy) is 1. The highest BCUT2D eigenvalue weighted by Gasteiger charge is 2.29. The fourth-order valence-electron chi connectivity index (χ4n) is 3.96. The summed E-state index contributed by atoms with van der Waals surface area (Å²) >= 11 is 0. The SMILES string of the molecule is CC[C@@H](C)N(Cc1c(-c2ccccc2)noc1N1CCOCC1)C(=O)c1ccc(C)cc1. The molecule has 168 valence electrons. The molecule has 1 aliphatic rings. The van der Waals surface area contributed by atoms with Gasteiger partial charge in [-0.3, -0.25) is 4.79 Å². The van der Waals surface area contributed by atoms with Gasteiger partial charge >= 0.3 is 0 Å². The minimum Gasteiger partial charge on any atom is -0.378 e. The number of anilines is 1. The van der Waals surface area contributed by atoms with Gasteiger partial charge in [-0.2, -0.15) is 0 Å². The van der Waals surface area contributed by atoms with E-state index in [1.165, 1.54) is 0 Å². The van der Waals surface area contributed by atoms with Gasteiger partial charge in [-0.15, -0.1) is 0 Å². The predicted octanol–water partition coefficient (Wildman–Crippen LogP) is 4.93. The molecule has 0 radical (unpaired) electrons. The van der Waals surface area contributed by atoms with Crippen molar-refractivity contribution in [3.05, 3.63) is 71.3 Å². The normalized spacial score (nSPS) is 14.9. The Labute approximate surface area is 189 Å². The Morgan fingerprint density at radius 2 is 1.78 bits per heavy atom. The number of hydrogen-bond donors (Lipinski definition) is 0. The molecule has 0 saturated carbocycles. The van der Waals surface area contributed by atoms with Gasteiger partial charge in [-0.25, -0.2) is 0 Å². The summed E-state index contributed by atoms with van der Waals surface area (Å²) in [6.45, 7) is 9.44. The molecule has 1 atom stereocenters. The molecule has 1 saturated heterocycles. The number of morpholine rings is 1. The number of aromatic nitrogens is 1. The van der Waals surface area contributed by atoms with Crippen LogP contribution in [0.3, 0.4) is 0 Å². The topological polar surface area (TPSA) is 58.8 Å². The summed E-state index contributed by atoms with van der Waals surface area (Å²) in [5, 5.41) is 4.45. The molecule has 32 heavy (non-hydrogen) atoms. The number of hydrogen-bond acceptors (Lipinski definition) is 5. The molecule has 0 spiro atoms. The van der Waals surface area contributed by atoms with Gasteiger partial charge in [0.25, 0.3) is 5.91 Å². The summed E-state index contributed by atoms with van der Waals surface area (Å²) < 4.78 is 11.4. The van der Waals surface area contributed by atoms with Crippen molar-refractivity contribution in [1.29, 1.82) is 0 Å². The van der Waals surface area contributed by atoms with Gasteiger partial charge in [0, 0.05) is 30.3 Å². The number of nitrogens with zero attached hydrogens (tertiary/aromatic N) is 3. The van der Waals surface area contributed by atoms with Crippen molar-refractivity contribution in [1.82, 2.24) is 10.1 Å². The van der Waals surface area contributed by atoms with E-state index in [0.29, 0.717) is 25.3 Å².